The molecule has 0 aromatic rings. The van der Waals surface area contributed by atoms with Crippen LogP contribution in [0.3, 0.4) is 0 Å². The highest BCUT2D eigenvalue weighted by molar-refractivity contribution is 4.58. The van der Waals surface area contributed by atoms with Gasteiger partial charge in [-0.05, 0) is 33.4 Å². The van der Waals surface area contributed by atoms with Gasteiger partial charge in [-0.1, -0.05) is 0 Å². The van der Waals surface area contributed by atoms with Crippen molar-refractivity contribution in [3.8, 4) is 0 Å². The van der Waals surface area contributed by atoms with Crippen molar-refractivity contribution < 1.29 is 9.84 Å². The summed E-state index contributed by atoms with van der Waals surface area (Å²) < 4.78 is 5.25. The summed E-state index contributed by atoms with van der Waals surface area (Å²) in [6.45, 7) is 6.42. The zero-order valence-corrected chi connectivity index (χ0v) is 8.62. The third-order valence-corrected chi connectivity index (χ3v) is 1.56. The van der Waals surface area contributed by atoms with Gasteiger partial charge in [0.2, 0.25) is 0 Å². The molecule has 1 atom stereocenters. The van der Waals surface area contributed by atoms with E-state index in [1.165, 1.54) is 0 Å². The Bertz CT molecular complexity index is 110. The van der Waals surface area contributed by atoms with Crippen molar-refractivity contribution in [2.45, 2.75) is 32.5 Å². The Morgan fingerprint density at radius 1 is 1.46 bits per heavy atom. The number of nitrogens with one attached hydrogen (secondary N) is 1. The van der Waals surface area contributed by atoms with Crippen LogP contribution in [0.2, 0.25) is 0 Å². The zero-order chi connectivity index (χ0) is 10.1. The third-order valence-electron chi connectivity index (χ3n) is 1.56. The van der Waals surface area contributed by atoms with E-state index in [-0.39, 0.29) is 6.10 Å². The second-order valence-electron chi connectivity index (χ2n) is 3.38. The van der Waals surface area contributed by atoms with E-state index in [1.54, 1.807) is 0 Å². The number of rotatable bonds is 8. The van der Waals surface area contributed by atoms with Crippen LogP contribution in [0, 0.1) is 0 Å². The summed E-state index contributed by atoms with van der Waals surface area (Å²) in [5, 5.41) is 12.5. The van der Waals surface area contributed by atoms with Gasteiger partial charge in [-0.2, -0.15) is 0 Å². The van der Waals surface area contributed by atoms with Gasteiger partial charge in [0.15, 0.2) is 0 Å². The van der Waals surface area contributed by atoms with E-state index >= 15 is 0 Å². The zero-order valence-electron chi connectivity index (χ0n) is 8.62. The van der Waals surface area contributed by atoms with Crippen LogP contribution in [-0.2, 0) is 4.74 Å². The fourth-order valence-corrected chi connectivity index (χ4v) is 0.858. The number of nitrogens with two attached hydrogens (primary N) is 1. The minimum absolute atomic E-state index is 0.179. The SMILES string of the molecule is CC(C)OCC(O)CNCCCN. The quantitative estimate of drug-likeness (QED) is 0.460. The molecule has 0 spiro atoms. The van der Waals surface area contributed by atoms with E-state index in [4.69, 9.17) is 10.5 Å². The molecule has 4 heteroatoms. The first kappa shape index (κ1) is 12.8. The Balaban J connectivity index is 3.15. The number of hydrogen-bond acceptors (Lipinski definition) is 4. The molecule has 0 radical (unpaired) electrons. The Kier molecular flexibility index (Phi) is 8.33. The molecule has 0 aromatic carbocycles. The van der Waals surface area contributed by atoms with E-state index in [1.807, 2.05) is 13.8 Å². The van der Waals surface area contributed by atoms with Crippen LogP contribution >= 0.6 is 0 Å². The number of hydrogen-bond donors (Lipinski definition) is 3. The standard InChI is InChI=1S/C9H22N2O2/c1-8(2)13-7-9(12)6-11-5-3-4-10/h8-9,11-12H,3-7,10H2,1-2H3. The van der Waals surface area contributed by atoms with E-state index in [0.29, 0.717) is 19.7 Å². The van der Waals surface area contributed by atoms with Crippen molar-refractivity contribution in [2.75, 3.05) is 26.2 Å². The maximum atomic E-state index is 9.38. The molecule has 80 valence electrons. The molecular formula is C9H22N2O2. The van der Waals surface area contributed by atoms with Crippen LogP contribution in [-0.4, -0.2) is 43.6 Å². The van der Waals surface area contributed by atoms with Crippen molar-refractivity contribution in [1.29, 1.82) is 0 Å². The van der Waals surface area contributed by atoms with Gasteiger partial charge in [-0.25, -0.2) is 0 Å². The fourth-order valence-electron chi connectivity index (χ4n) is 0.858. The predicted octanol–water partition coefficient (Wildman–Crippen LogP) is -0.289. The Morgan fingerprint density at radius 3 is 2.69 bits per heavy atom. The first-order valence-electron chi connectivity index (χ1n) is 4.87. The largest absolute Gasteiger partial charge is 0.389 e. The van der Waals surface area contributed by atoms with Gasteiger partial charge in [0.05, 0.1) is 18.8 Å². The third kappa shape index (κ3) is 9.76. The Hall–Kier alpha value is -0.160. The average molecular weight is 190 g/mol. The van der Waals surface area contributed by atoms with E-state index in [0.717, 1.165) is 13.0 Å². The molecule has 0 aromatic heterocycles. The lowest BCUT2D eigenvalue weighted by molar-refractivity contribution is 0.00648. The van der Waals surface area contributed by atoms with Gasteiger partial charge in [-0.15, -0.1) is 0 Å². The molecule has 0 saturated heterocycles. The average Bonchev–Trinajstić information content (AvgIpc) is 2.09. The topological polar surface area (TPSA) is 67.5 Å². The van der Waals surface area contributed by atoms with E-state index in [9.17, 15) is 5.11 Å². The van der Waals surface area contributed by atoms with Crippen LogP contribution in [0.4, 0.5) is 0 Å². The second kappa shape index (κ2) is 8.44. The molecule has 0 aliphatic rings. The number of ether oxygens (including phenoxy) is 1. The Labute approximate surface area is 80.5 Å². The smallest absolute Gasteiger partial charge is 0.0897 e. The van der Waals surface area contributed by atoms with Crippen LogP contribution in [0.1, 0.15) is 20.3 Å². The minimum Gasteiger partial charge on any atom is -0.389 e. The van der Waals surface area contributed by atoms with Crippen LogP contribution in [0.25, 0.3) is 0 Å². The van der Waals surface area contributed by atoms with Crippen molar-refractivity contribution in [2.24, 2.45) is 5.73 Å². The van der Waals surface area contributed by atoms with Crippen molar-refractivity contribution in [3.63, 3.8) is 0 Å². The molecule has 0 aliphatic heterocycles. The molecule has 4 N–H and O–H groups in total. The van der Waals surface area contributed by atoms with E-state index < -0.39 is 6.10 Å². The lowest BCUT2D eigenvalue weighted by Gasteiger charge is -2.13. The summed E-state index contributed by atoms with van der Waals surface area (Å²) >= 11 is 0. The van der Waals surface area contributed by atoms with Crippen LogP contribution < -0.4 is 11.1 Å². The molecule has 0 amide bonds. The lowest BCUT2D eigenvalue weighted by Crippen LogP contribution is -2.32. The monoisotopic (exact) mass is 190 g/mol. The highest BCUT2D eigenvalue weighted by atomic mass is 16.5. The molecule has 0 fully saturated rings. The van der Waals surface area contributed by atoms with Gasteiger partial charge < -0.3 is 20.9 Å². The maximum absolute atomic E-state index is 9.38. The normalized spacial score (nSPS) is 13.6. The molecular weight excluding hydrogens is 168 g/mol. The van der Waals surface area contributed by atoms with Crippen LogP contribution in [0.5, 0.6) is 0 Å². The maximum Gasteiger partial charge on any atom is 0.0897 e. The highest BCUT2D eigenvalue weighted by Gasteiger charge is 2.04. The van der Waals surface area contributed by atoms with Gasteiger partial charge in [0.25, 0.3) is 0 Å². The molecule has 13 heavy (non-hydrogen) atoms. The lowest BCUT2D eigenvalue weighted by atomic mass is 10.3. The van der Waals surface area contributed by atoms with E-state index in [2.05, 4.69) is 5.32 Å². The highest BCUT2D eigenvalue weighted by Crippen LogP contribution is 1.90. The van der Waals surface area contributed by atoms with Gasteiger partial charge in [-0.3, -0.25) is 0 Å². The molecule has 0 heterocycles. The fraction of sp³-hybridized carbons (Fsp3) is 1.00. The summed E-state index contributed by atoms with van der Waals surface area (Å²) in [7, 11) is 0. The molecule has 0 bridgehead atoms. The van der Waals surface area contributed by atoms with Crippen LogP contribution in [0.15, 0.2) is 0 Å². The molecule has 1 unspecified atom stereocenters. The predicted molar refractivity (Wildman–Crippen MR) is 53.6 cm³/mol. The summed E-state index contributed by atoms with van der Waals surface area (Å²) in [5.74, 6) is 0. The van der Waals surface area contributed by atoms with Gasteiger partial charge in [0, 0.05) is 6.54 Å². The number of aliphatic hydroxyl groups excluding tert-OH is 1. The number of aliphatic hydroxyl groups is 1. The first-order valence-corrected chi connectivity index (χ1v) is 4.87. The summed E-state index contributed by atoms with van der Waals surface area (Å²) in [6.07, 6.45) is 0.705. The van der Waals surface area contributed by atoms with Crippen molar-refractivity contribution >= 4 is 0 Å². The van der Waals surface area contributed by atoms with Gasteiger partial charge in [0.1, 0.15) is 0 Å². The van der Waals surface area contributed by atoms with Crippen molar-refractivity contribution in [3.05, 3.63) is 0 Å². The second-order valence-corrected chi connectivity index (χ2v) is 3.38. The molecule has 0 saturated carbocycles. The van der Waals surface area contributed by atoms with Crippen molar-refractivity contribution in [1.82, 2.24) is 5.32 Å². The van der Waals surface area contributed by atoms with Gasteiger partial charge >= 0.3 is 0 Å². The Morgan fingerprint density at radius 2 is 2.15 bits per heavy atom. The molecule has 0 aliphatic carbocycles. The minimum atomic E-state index is -0.417. The summed E-state index contributed by atoms with van der Waals surface area (Å²) in [4.78, 5) is 0. The molecule has 0 rings (SSSR count). The summed E-state index contributed by atoms with van der Waals surface area (Å²) in [6, 6.07) is 0. The summed E-state index contributed by atoms with van der Waals surface area (Å²) in [5.41, 5.74) is 5.32. The first-order chi connectivity index (χ1) is 6.16. The molecule has 4 nitrogen and oxygen atoms in total.